The standard InChI is InChI=1S/C19H24N2O2S/c1-24(22,23)21-13-12-20(15-18-10-6-3-7-11-18)19(16-21)14-17-8-4-2-5-9-17/h2-11,19H,12-16H2,1H3/t19-/m1/s1. The van der Waals surface area contributed by atoms with Gasteiger partial charge in [0.15, 0.2) is 0 Å². The summed E-state index contributed by atoms with van der Waals surface area (Å²) < 4.78 is 25.5. The highest BCUT2D eigenvalue weighted by molar-refractivity contribution is 7.88. The highest BCUT2D eigenvalue weighted by Crippen LogP contribution is 2.19. The maximum absolute atomic E-state index is 12.0. The van der Waals surface area contributed by atoms with Gasteiger partial charge in [0.05, 0.1) is 6.26 Å². The molecule has 1 fully saturated rings. The average Bonchev–Trinajstić information content (AvgIpc) is 2.57. The van der Waals surface area contributed by atoms with Gasteiger partial charge in [0.25, 0.3) is 0 Å². The molecule has 0 N–H and O–H groups in total. The van der Waals surface area contributed by atoms with E-state index in [1.165, 1.54) is 17.4 Å². The molecule has 0 amide bonds. The van der Waals surface area contributed by atoms with Crippen LogP contribution < -0.4 is 0 Å². The van der Waals surface area contributed by atoms with E-state index in [1.54, 1.807) is 4.31 Å². The number of nitrogens with zero attached hydrogens (tertiary/aromatic N) is 2. The van der Waals surface area contributed by atoms with Crippen LogP contribution in [0, 0.1) is 0 Å². The molecule has 0 unspecified atom stereocenters. The van der Waals surface area contributed by atoms with Crippen molar-refractivity contribution in [3.8, 4) is 0 Å². The molecular formula is C19H24N2O2S. The first-order valence-electron chi connectivity index (χ1n) is 8.29. The van der Waals surface area contributed by atoms with E-state index < -0.39 is 10.0 Å². The van der Waals surface area contributed by atoms with Crippen LogP contribution in [0.5, 0.6) is 0 Å². The Hall–Kier alpha value is -1.69. The van der Waals surface area contributed by atoms with E-state index in [0.29, 0.717) is 13.1 Å². The Morgan fingerprint density at radius 2 is 1.50 bits per heavy atom. The van der Waals surface area contributed by atoms with Crippen LogP contribution in [-0.4, -0.2) is 49.6 Å². The first-order chi connectivity index (χ1) is 11.5. The van der Waals surface area contributed by atoms with Crippen molar-refractivity contribution in [2.75, 3.05) is 25.9 Å². The Morgan fingerprint density at radius 3 is 2.08 bits per heavy atom. The van der Waals surface area contributed by atoms with Crippen molar-refractivity contribution in [3.05, 3.63) is 71.8 Å². The summed E-state index contributed by atoms with van der Waals surface area (Å²) >= 11 is 0. The second-order valence-corrected chi connectivity index (χ2v) is 8.40. The fourth-order valence-corrected chi connectivity index (χ4v) is 4.13. The van der Waals surface area contributed by atoms with Crippen LogP contribution in [0.3, 0.4) is 0 Å². The lowest BCUT2D eigenvalue weighted by Gasteiger charge is -2.40. The van der Waals surface area contributed by atoms with Crippen molar-refractivity contribution >= 4 is 10.0 Å². The van der Waals surface area contributed by atoms with Crippen molar-refractivity contribution < 1.29 is 8.42 Å². The molecule has 1 heterocycles. The zero-order valence-corrected chi connectivity index (χ0v) is 14.8. The maximum Gasteiger partial charge on any atom is 0.211 e. The van der Waals surface area contributed by atoms with E-state index in [0.717, 1.165) is 19.5 Å². The minimum absolute atomic E-state index is 0.191. The number of hydrogen-bond donors (Lipinski definition) is 0. The molecule has 1 aliphatic rings. The lowest BCUT2D eigenvalue weighted by Crippen LogP contribution is -2.54. The van der Waals surface area contributed by atoms with E-state index in [-0.39, 0.29) is 6.04 Å². The molecule has 0 saturated carbocycles. The maximum atomic E-state index is 12.0. The van der Waals surface area contributed by atoms with Crippen molar-refractivity contribution in [1.82, 2.24) is 9.21 Å². The lowest BCUT2D eigenvalue weighted by molar-refractivity contribution is 0.111. The molecule has 1 atom stereocenters. The highest BCUT2D eigenvalue weighted by Gasteiger charge is 2.31. The largest absolute Gasteiger partial charge is 0.293 e. The summed E-state index contributed by atoms with van der Waals surface area (Å²) in [5, 5.41) is 0. The predicted octanol–water partition coefficient (Wildman–Crippen LogP) is 2.38. The minimum atomic E-state index is -3.14. The fourth-order valence-electron chi connectivity index (χ4n) is 3.27. The zero-order valence-electron chi connectivity index (χ0n) is 14.0. The van der Waals surface area contributed by atoms with Crippen molar-refractivity contribution in [2.45, 2.75) is 19.0 Å². The zero-order chi connectivity index (χ0) is 17.0. The molecule has 3 rings (SSSR count). The second kappa shape index (κ2) is 7.47. The summed E-state index contributed by atoms with van der Waals surface area (Å²) in [4.78, 5) is 2.41. The highest BCUT2D eigenvalue weighted by atomic mass is 32.2. The first-order valence-corrected chi connectivity index (χ1v) is 10.1. The van der Waals surface area contributed by atoms with Crippen LogP contribution in [0.2, 0.25) is 0 Å². The summed E-state index contributed by atoms with van der Waals surface area (Å²) in [5.41, 5.74) is 2.51. The van der Waals surface area contributed by atoms with Crippen LogP contribution in [0.1, 0.15) is 11.1 Å². The van der Waals surface area contributed by atoms with Gasteiger partial charge in [0, 0.05) is 32.2 Å². The quantitative estimate of drug-likeness (QED) is 0.836. The van der Waals surface area contributed by atoms with Crippen molar-refractivity contribution in [1.29, 1.82) is 0 Å². The monoisotopic (exact) mass is 344 g/mol. The topological polar surface area (TPSA) is 40.6 Å². The van der Waals surface area contributed by atoms with E-state index in [2.05, 4.69) is 29.2 Å². The smallest absolute Gasteiger partial charge is 0.211 e. The molecular weight excluding hydrogens is 320 g/mol. The van der Waals surface area contributed by atoms with Crippen molar-refractivity contribution in [3.63, 3.8) is 0 Å². The van der Waals surface area contributed by atoms with E-state index in [4.69, 9.17) is 0 Å². The Kier molecular flexibility index (Phi) is 5.33. The third-order valence-corrected chi connectivity index (χ3v) is 5.85. The first kappa shape index (κ1) is 17.1. The van der Waals surface area contributed by atoms with Gasteiger partial charge < -0.3 is 0 Å². The predicted molar refractivity (Wildman–Crippen MR) is 97.2 cm³/mol. The molecule has 5 heteroatoms. The second-order valence-electron chi connectivity index (χ2n) is 6.42. The number of hydrogen-bond acceptors (Lipinski definition) is 3. The molecule has 2 aromatic carbocycles. The Morgan fingerprint density at radius 1 is 0.917 bits per heavy atom. The summed E-state index contributed by atoms with van der Waals surface area (Å²) in [5.74, 6) is 0. The summed E-state index contributed by atoms with van der Waals surface area (Å²) in [6, 6.07) is 20.9. The number of rotatable bonds is 5. The van der Waals surface area contributed by atoms with E-state index in [9.17, 15) is 8.42 Å². The minimum Gasteiger partial charge on any atom is -0.293 e. The molecule has 128 valence electrons. The molecule has 1 aliphatic heterocycles. The number of piperazine rings is 1. The number of benzene rings is 2. The normalized spacial score (nSPS) is 20.1. The van der Waals surface area contributed by atoms with Crippen molar-refractivity contribution in [2.24, 2.45) is 0 Å². The van der Waals surface area contributed by atoms with Gasteiger partial charge in [-0.25, -0.2) is 8.42 Å². The van der Waals surface area contributed by atoms with Crippen LogP contribution in [-0.2, 0) is 23.0 Å². The SMILES string of the molecule is CS(=O)(=O)N1CCN(Cc2ccccc2)[C@H](Cc2ccccc2)C1. The van der Waals surface area contributed by atoms with Gasteiger partial charge in [0.1, 0.15) is 0 Å². The molecule has 2 aromatic rings. The summed E-state index contributed by atoms with van der Waals surface area (Å²) in [6.07, 6.45) is 2.17. The third-order valence-electron chi connectivity index (χ3n) is 4.58. The number of sulfonamides is 1. The molecule has 4 nitrogen and oxygen atoms in total. The lowest BCUT2D eigenvalue weighted by atomic mass is 10.0. The Bertz CT molecular complexity index is 747. The Labute approximate surface area is 144 Å². The summed E-state index contributed by atoms with van der Waals surface area (Å²) in [7, 11) is -3.14. The molecule has 0 aromatic heterocycles. The van der Waals surface area contributed by atoms with Gasteiger partial charge in [0.2, 0.25) is 10.0 Å². The van der Waals surface area contributed by atoms with E-state index in [1.807, 2.05) is 36.4 Å². The molecule has 0 aliphatic carbocycles. The van der Waals surface area contributed by atoms with Gasteiger partial charge in [-0.3, -0.25) is 4.90 Å². The van der Waals surface area contributed by atoms with Gasteiger partial charge in [-0.1, -0.05) is 60.7 Å². The van der Waals surface area contributed by atoms with Gasteiger partial charge in [-0.05, 0) is 17.5 Å². The van der Waals surface area contributed by atoms with Crippen LogP contribution in [0.25, 0.3) is 0 Å². The fraction of sp³-hybridized carbons (Fsp3) is 0.368. The van der Waals surface area contributed by atoms with Crippen LogP contribution in [0.4, 0.5) is 0 Å². The summed E-state index contributed by atoms with van der Waals surface area (Å²) in [6.45, 7) is 2.74. The molecule has 0 radical (unpaired) electrons. The van der Waals surface area contributed by atoms with Gasteiger partial charge in [-0.2, -0.15) is 4.31 Å². The molecule has 0 spiro atoms. The molecule has 0 bridgehead atoms. The van der Waals surface area contributed by atoms with Gasteiger partial charge >= 0.3 is 0 Å². The van der Waals surface area contributed by atoms with Crippen LogP contribution >= 0.6 is 0 Å². The van der Waals surface area contributed by atoms with Crippen LogP contribution in [0.15, 0.2) is 60.7 Å². The molecule has 24 heavy (non-hydrogen) atoms. The third kappa shape index (κ3) is 4.44. The average molecular weight is 344 g/mol. The Balaban J connectivity index is 1.78. The van der Waals surface area contributed by atoms with E-state index >= 15 is 0 Å². The van der Waals surface area contributed by atoms with Gasteiger partial charge in [-0.15, -0.1) is 0 Å². The molecule has 1 saturated heterocycles.